The summed E-state index contributed by atoms with van der Waals surface area (Å²) in [7, 11) is -1.16. The molecule has 0 radical (unpaired) electrons. The highest BCUT2D eigenvalue weighted by atomic mass is 32.2. The molecule has 1 amide bonds. The summed E-state index contributed by atoms with van der Waals surface area (Å²) in [5.41, 5.74) is 0. The van der Waals surface area contributed by atoms with Crippen LogP contribution >= 0.6 is 0 Å². The topological polar surface area (TPSA) is 75.3 Å². The molecule has 1 saturated heterocycles. The quantitative estimate of drug-likeness (QED) is 0.659. The predicted octanol–water partition coefficient (Wildman–Crippen LogP) is -0.711. The van der Waals surface area contributed by atoms with Crippen molar-refractivity contribution in [1.29, 1.82) is 0 Å². The first kappa shape index (κ1) is 12.4. The molecule has 0 aromatic heterocycles. The highest BCUT2D eigenvalue weighted by Crippen LogP contribution is 2.18. The van der Waals surface area contributed by atoms with E-state index in [1.54, 1.807) is 7.05 Å². The summed E-state index contributed by atoms with van der Waals surface area (Å²) in [4.78, 5) is 11.2. The zero-order chi connectivity index (χ0) is 11.3. The Hall–Kier alpha value is -0.620. The van der Waals surface area contributed by atoms with Crippen LogP contribution in [-0.4, -0.2) is 45.5 Å². The Balaban J connectivity index is 2.28. The Kier molecular flexibility index (Phi) is 4.53. The van der Waals surface area contributed by atoms with Gasteiger partial charge in [-0.15, -0.1) is 0 Å². The number of nitrogens with one attached hydrogen (secondary N) is 2. The number of amides is 1. The van der Waals surface area contributed by atoms with Crippen LogP contribution in [0.25, 0.3) is 0 Å². The normalized spacial score (nSPS) is 23.9. The molecule has 1 rings (SSSR count). The summed E-state index contributed by atoms with van der Waals surface area (Å²) in [5.74, 6) is 0.177. The lowest BCUT2D eigenvalue weighted by Crippen LogP contribution is -2.35. The smallest absolute Gasteiger partial charge is 0.221 e. The van der Waals surface area contributed by atoms with E-state index in [0.29, 0.717) is 19.4 Å². The zero-order valence-corrected chi connectivity index (χ0v) is 9.77. The molecule has 6 heteroatoms. The van der Waals surface area contributed by atoms with Gasteiger partial charge in [-0.25, -0.2) is 8.42 Å². The molecule has 0 spiro atoms. The van der Waals surface area contributed by atoms with Crippen LogP contribution in [0.15, 0.2) is 0 Å². The number of sulfone groups is 1. The van der Waals surface area contributed by atoms with Crippen molar-refractivity contribution in [1.82, 2.24) is 10.6 Å². The Bertz CT molecular complexity index is 313. The van der Waals surface area contributed by atoms with Gasteiger partial charge >= 0.3 is 0 Å². The van der Waals surface area contributed by atoms with Crippen molar-refractivity contribution in [2.75, 3.05) is 25.9 Å². The molecule has 88 valence electrons. The highest BCUT2D eigenvalue weighted by Gasteiger charge is 2.31. The minimum absolute atomic E-state index is 0.0912. The van der Waals surface area contributed by atoms with Crippen molar-refractivity contribution in [2.24, 2.45) is 0 Å². The van der Waals surface area contributed by atoms with Crippen molar-refractivity contribution < 1.29 is 13.2 Å². The standard InChI is InChI=1S/C9H18N2O3S/c1-10-5-4-9(12)11-7-8-3-2-6-15(8,13)14/h8,10H,2-7H2,1H3,(H,11,12). The summed E-state index contributed by atoms with van der Waals surface area (Å²) >= 11 is 0. The van der Waals surface area contributed by atoms with Gasteiger partial charge in [0.05, 0.1) is 11.0 Å². The van der Waals surface area contributed by atoms with Gasteiger partial charge in [-0.1, -0.05) is 0 Å². The lowest BCUT2D eigenvalue weighted by molar-refractivity contribution is -0.120. The zero-order valence-electron chi connectivity index (χ0n) is 8.95. The summed E-state index contributed by atoms with van der Waals surface area (Å²) in [6.07, 6.45) is 1.79. The van der Waals surface area contributed by atoms with Gasteiger partial charge in [0, 0.05) is 19.5 Å². The van der Waals surface area contributed by atoms with Crippen molar-refractivity contribution in [3.63, 3.8) is 0 Å². The van der Waals surface area contributed by atoms with E-state index in [4.69, 9.17) is 0 Å². The molecule has 5 nitrogen and oxygen atoms in total. The van der Waals surface area contributed by atoms with E-state index < -0.39 is 9.84 Å². The molecular formula is C9H18N2O3S. The van der Waals surface area contributed by atoms with Gasteiger partial charge in [-0.3, -0.25) is 4.79 Å². The van der Waals surface area contributed by atoms with Crippen molar-refractivity contribution >= 4 is 15.7 Å². The van der Waals surface area contributed by atoms with Gasteiger partial charge in [0.2, 0.25) is 5.91 Å². The third kappa shape index (κ3) is 3.79. The average Bonchev–Trinajstić information content (AvgIpc) is 2.51. The molecule has 0 aromatic carbocycles. The second kappa shape index (κ2) is 5.46. The van der Waals surface area contributed by atoms with Crippen LogP contribution in [0.3, 0.4) is 0 Å². The van der Waals surface area contributed by atoms with Crippen LogP contribution < -0.4 is 10.6 Å². The van der Waals surface area contributed by atoms with Gasteiger partial charge in [-0.2, -0.15) is 0 Å². The third-order valence-corrected chi connectivity index (χ3v) is 4.87. The fourth-order valence-corrected chi connectivity index (χ4v) is 3.41. The van der Waals surface area contributed by atoms with E-state index in [9.17, 15) is 13.2 Å². The summed E-state index contributed by atoms with van der Waals surface area (Å²) < 4.78 is 22.8. The lowest BCUT2D eigenvalue weighted by atomic mass is 10.2. The van der Waals surface area contributed by atoms with Gasteiger partial charge < -0.3 is 10.6 Å². The molecule has 0 saturated carbocycles. The largest absolute Gasteiger partial charge is 0.355 e. The van der Waals surface area contributed by atoms with Crippen LogP contribution in [0.2, 0.25) is 0 Å². The molecule has 15 heavy (non-hydrogen) atoms. The first-order chi connectivity index (χ1) is 7.06. The molecule has 1 atom stereocenters. The van der Waals surface area contributed by atoms with Gasteiger partial charge in [0.25, 0.3) is 0 Å². The Morgan fingerprint density at radius 1 is 1.47 bits per heavy atom. The number of rotatable bonds is 5. The van der Waals surface area contributed by atoms with E-state index in [0.717, 1.165) is 6.42 Å². The Morgan fingerprint density at radius 3 is 2.73 bits per heavy atom. The Morgan fingerprint density at radius 2 is 2.20 bits per heavy atom. The van der Waals surface area contributed by atoms with Crippen molar-refractivity contribution in [3.8, 4) is 0 Å². The second-order valence-corrected chi connectivity index (χ2v) is 6.19. The average molecular weight is 234 g/mol. The van der Waals surface area contributed by atoms with Crippen molar-refractivity contribution in [2.45, 2.75) is 24.5 Å². The van der Waals surface area contributed by atoms with E-state index in [1.165, 1.54) is 0 Å². The molecule has 1 unspecified atom stereocenters. The number of hydrogen-bond acceptors (Lipinski definition) is 4. The lowest BCUT2D eigenvalue weighted by Gasteiger charge is -2.10. The van der Waals surface area contributed by atoms with E-state index >= 15 is 0 Å². The van der Waals surface area contributed by atoms with E-state index in [-0.39, 0.29) is 23.5 Å². The number of hydrogen-bond donors (Lipinski definition) is 2. The minimum atomic E-state index is -2.93. The first-order valence-corrected chi connectivity index (χ1v) is 6.90. The maximum absolute atomic E-state index is 11.4. The fraction of sp³-hybridized carbons (Fsp3) is 0.889. The maximum atomic E-state index is 11.4. The molecule has 1 aliphatic heterocycles. The monoisotopic (exact) mass is 234 g/mol. The van der Waals surface area contributed by atoms with Crippen LogP contribution in [0.1, 0.15) is 19.3 Å². The first-order valence-electron chi connectivity index (χ1n) is 5.19. The Labute approximate surface area is 90.5 Å². The van der Waals surface area contributed by atoms with Crippen molar-refractivity contribution in [3.05, 3.63) is 0 Å². The molecule has 2 N–H and O–H groups in total. The van der Waals surface area contributed by atoms with Crippen LogP contribution in [-0.2, 0) is 14.6 Å². The molecule has 0 aliphatic carbocycles. The van der Waals surface area contributed by atoms with E-state index in [1.807, 2.05) is 0 Å². The number of carbonyl (C=O) groups is 1. The molecule has 0 aromatic rings. The van der Waals surface area contributed by atoms with Gasteiger partial charge in [0.15, 0.2) is 9.84 Å². The van der Waals surface area contributed by atoms with Gasteiger partial charge in [0.1, 0.15) is 0 Å². The van der Waals surface area contributed by atoms with Crippen LogP contribution in [0.5, 0.6) is 0 Å². The second-order valence-electron chi connectivity index (χ2n) is 3.79. The maximum Gasteiger partial charge on any atom is 0.221 e. The molecular weight excluding hydrogens is 216 g/mol. The molecule has 0 bridgehead atoms. The summed E-state index contributed by atoms with van der Waals surface area (Å²) in [5, 5.41) is 5.16. The highest BCUT2D eigenvalue weighted by molar-refractivity contribution is 7.92. The fourth-order valence-electron chi connectivity index (χ4n) is 1.64. The van der Waals surface area contributed by atoms with Crippen LogP contribution in [0, 0.1) is 0 Å². The summed E-state index contributed by atoms with van der Waals surface area (Å²) in [6, 6.07) is 0. The van der Waals surface area contributed by atoms with E-state index in [2.05, 4.69) is 10.6 Å². The molecule has 1 heterocycles. The predicted molar refractivity (Wildman–Crippen MR) is 58.4 cm³/mol. The van der Waals surface area contributed by atoms with Gasteiger partial charge in [-0.05, 0) is 19.9 Å². The third-order valence-electron chi connectivity index (χ3n) is 2.59. The summed E-state index contributed by atoms with van der Waals surface area (Å²) in [6.45, 7) is 0.883. The molecule has 1 aliphatic rings. The number of carbonyl (C=O) groups excluding carboxylic acids is 1. The van der Waals surface area contributed by atoms with Crippen LogP contribution in [0.4, 0.5) is 0 Å². The molecule has 1 fully saturated rings. The minimum Gasteiger partial charge on any atom is -0.355 e. The SMILES string of the molecule is CNCCC(=O)NCC1CCCS1(=O)=O.